The summed E-state index contributed by atoms with van der Waals surface area (Å²) in [4.78, 5) is 9.62. The van der Waals surface area contributed by atoms with Crippen molar-refractivity contribution in [3.8, 4) is 0 Å². The van der Waals surface area contributed by atoms with Gasteiger partial charge in [-0.2, -0.15) is 0 Å². The molecule has 0 unspecified atom stereocenters. The average Bonchev–Trinajstić information content (AvgIpc) is 3.15. The fourth-order valence-electron chi connectivity index (χ4n) is 4.14. The molecule has 1 heterocycles. The Hall–Kier alpha value is -0.810. The van der Waals surface area contributed by atoms with E-state index in [1.54, 1.807) is 0 Å². The van der Waals surface area contributed by atoms with Gasteiger partial charge >= 0.3 is 0 Å². The number of guanidine groups is 1. The molecule has 5 nitrogen and oxygen atoms in total. The third-order valence-corrected chi connectivity index (χ3v) is 5.64. The number of hydrogen-bond donors (Lipinski definition) is 2. The van der Waals surface area contributed by atoms with Crippen molar-refractivity contribution in [2.24, 2.45) is 4.99 Å². The van der Waals surface area contributed by atoms with E-state index in [-0.39, 0.29) is 0 Å². The zero-order valence-electron chi connectivity index (χ0n) is 16.2. The molecular weight excluding hydrogens is 298 g/mol. The lowest BCUT2D eigenvalue weighted by Crippen LogP contribution is -2.51. The number of likely N-dealkylation sites (N-methyl/N-ethyl adjacent to an activating group) is 1. The normalized spacial score (nSPS) is 21.6. The van der Waals surface area contributed by atoms with Crippen molar-refractivity contribution in [3.05, 3.63) is 0 Å². The van der Waals surface area contributed by atoms with Gasteiger partial charge in [0.1, 0.15) is 0 Å². The molecule has 0 atom stereocenters. The highest BCUT2D eigenvalue weighted by Gasteiger charge is 2.27. The second-order valence-electron chi connectivity index (χ2n) is 7.33. The van der Waals surface area contributed by atoms with Crippen LogP contribution in [0.25, 0.3) is 0 Å². The summed E-state index contributed by atoms with van der Waals surface area (Å²) in [6.45, 7) is 11.3. The highest BCUT2D eigenvalue weighted by molar-refractivity contribution is 5.79. The molecule has 0 bridgehead atoms. The van der Waals surface area contributed by atoms with E-state index in [1.807, 2.05) is 7.05 Å². The number of rotatable bonds is 8. The molecule has 2 fully saturated rings. The van der Waals surface area contributed by atoms with Crippen LogP contribution in [0.3, 0.4) is 0 Å². The molecule has 1 aliphatic carbocycles. The summed E-state index contributed by atoms with van der Waals surface area (Å²) in [5, 5.41) is 7.12. The Morgan fingerprint density at radius 3 is 2.38 bits per heavy atom. The summed E-state index contributed by atoms with van der Waals surface area (Å²) >= 11 is 0. The number of piperidine rings is 1. The number of hydrogen-bond acceptors (Lipinski definition) is 3. The summed E-state index contributed by atoms with van der Waals surface area (Å²) in [5.74, 6) is 0.974. The third-order valence-electron chi connectivity index (χ3n) is 5.64. The third kappa shape index (κ3) is 6.25. The lowest BCUT2D eigenvalue weighted by atomic mass is 10.0. The first-order chi connectivity index (χ1) is 11.8. The van der Waals surface area contributed by atoms with Gasteiger partial charge in [0.25, 0.3) is 0 Å². The van der Waals surface area contributed by atoms with E-state index in [1.165, 1.54) is 64.6 Å². The minimum absolute atomic E-state index is 0.576. The molecule has 5 heteroatoms. The highest BCUT2D eigenvalue weighted by atomic mass is 15.2. The largest absolute Gasteiger partial charge is 0.355 e. The molecule has 0 aromatic carbocycles. The van der Waals surface area contributed by atoms with Crippen molar-refractivity contribution in [1.29, 1.82) is 0 Å². The van der Waals surface area contributed by atoms with E-state index in [4.69, 9.17) is 0 Å². The molecule has 1 aliphatic heterocycles. The second-order valence-corrected chi connectivity index (χ2v) is 7.33. The molecule has 1 saturated carbocycles. The average molecular weight is 338 g/mol. The topological polar surface area (TPSA) is 42.9 Å². The van der Waals surface area contributed by atoms with Gasteiger partial charge in [0.05, 0.1) is 0 Å². The van der Waals surface area contributed by atoms with Gasteiger partial charge in [0.15, 0.2) is 5.96 Å². The minimum Gasteiger partial charge on any atom is -0.355 e. The summed E-state index contributed by atoms with van der Waals surface area (Å²) in [6.07, 6.45) is 9.43. The standard InChI is InChI=1S/C19H39N5/c1-4-13-23(5-2)16-12-21-19(20-3)22-17-10-14-24(15-11-17)18-8-6-7-9-18/h17-18H,4-16H2,1-3H3,(H2,20,21,22). The summed E-state index contributed by atoms with van der Waals surface area (Å²) < 4.78 is 0. The van der Waals surface area contributed by atoms with Crippen molar-refractivity contribution in [2.75, 3.05) is 46.3 Å². The Morgan fingerprint density at radius 2 is 1.79 bits per heavy atom. The first-order valence-corrected chi connectivity index (χ1v) is 10.2. The molecule has 2 aliphatic rings. The molecule has 2 N–H and O–H groups in total. The van der Waals surface area contributed by atoms with E-state index in [2.05, 4.69) is 39.3 Å². The lowest BCUT2D eigenvalue weighted by Gasteiger charge is -2.36. The Kier molecular flexibility index (Phi) is 8.89. The number of likely N-dealkylation sites (tertiary alicyclic amines) is 1. The smallest absolute Gasteiger partial charge is 0.191 e. The van der Waals surface area contributed by atoms with Crippen molar-refractivity contribution >= 4 is 5.96 Å². The molecule has 140 valence electrons. The number of aliphatic imine (C=N–C) groups is 1. The first-order valence-electron chi connectivity index (χ1n) is 10.2. The van der Waals surface area contributed by atoms with Crippen LogP contribution in [0.15, 0.2) is 4.99 Å². The lowest BCUT2D eigenvalue weighted by molar-refractivity contribution is 0.150. The minimum atomic E-state index is 0.576. The van der Waals surface area contributed by atoms with Gasteiger partial charge in [-0.05, 0) is 45.2 Å². The van der Waals surface area contributed by atoms with Gasteiger partial charge in [-0.3, -0.25) is 4.99 Å². The monoisotopic (exact) mass is 337 g/mol. The van der Waals surface area contributed by atoms with Crippen LogP contribution in [-0.2, 0) is 0 Å². The van der Waals surface area contributed by atoms with Gasteiger partial charge in [-0.25, -0.2) is 0 Å². The quantitative estimate of drug-likeness (QED) is 0.527. The van der Waals surface area contributed by atoms with Gasteiger partial charge in [-0.15, -0.1) is 0 Å². The molecule has 2 rings (SSSR count). The predicted octanol–water partition coefficient (Wildman–Crippen LogP) is 2.29. The van der Waals surface area contributed by atoms with E-state index >= 15 is 0 Å². The van der Waals surface area contributed by atoms with Crippen LogP contribution in [0.2, 0.25) is 0 Å². The van der Waals surface area contributed by atoms with Gasteiger partial charge in [0.2, 0.25) is 0 Å². The van der Waals surface area contributed by atoms with Gasteiger partial charge in [0, 0.05) is 45.3 Å². The van der Waals surface area contributed by atoms with E-state index in [0.29, 0.717) is 6.04 Å². The zero-order chi connectivity index (χ0) is 17.2. The van der Waals surface area contributed by atoms with Crippen LogP contribution < -0.4 is 10.6 Å². The van der Waals surface area contributed by atoms with E-state index < -0.39 is 0 Å². The van der Waals surface area contributed by atoms with E-state index in [9.17, 15) is 0 Å². The molecule has 0 aromatic heterocycles. The van der Waals surface area contributed by atoms with Crippen LogP contribution in [0.5, 0.6) is 0 Å². The van der Waals surface area contributed by atoms with Crippen molar-refractivity contribution in [2.45, 2.75) is 70.9 Å². The van der Waals surface area contributed by atoms with Crippen LogP contribution in [0.4, 0.5) is 0 Å². The summed E-state index contributed by atoms with van der Waals surface area (Å²) in [7, 11) is 1.88. The second kappa shape index (κ2) is 10.9. The molecule has 0 aromatic rings. The van der Waals surface area contributed by atoms with Crippen LogP contribution in [0, 0.1) is 0 Å². The van der Waals surface area contributed by atoms with Crippen molar-refractivity contribution < 1.29 is 0 Å². The Bertz CT molecular complexity index is 357. The molecule has 0 radical (unpaired) electrons. The van der Waals surface area contributed by atoms with Gasteiger partial charge < -0.3 is 20.4 Å². The first kappa shape index (κ1) is 19.5. The Balaban J connectivity index is 1.64. The fraction of sp³-hybridized carbons (Fsp3) is 0.947. The molecule has 1 saturated heterocycles. The maximum Gasteiger partial charge on any atom is 0.191 e. The summed E-state index contributed by atoms with van der Waals surface area (Å²) in [6, 6.07) is 1.45. The van der Waals surface area contributed by atoms with Crippen LogP contribution in [0.1, 0.15) is 58.8 Å². The van der Waals surface area contributed by atoms with E-state index in [0.717, 1.165) is 31.6 Å². The van der Waals surface area contributed by atoms with Crippen molar-refractivity contribution in [3.63, 3.8) is 0 Å². The molecule has 0 spiro atoms. The Morgan fingerprint density at radius 1 is 1.08 bits per heavy atom. The van der Waals surface area contributed by atoms with Crippen molar-refractivity contribution in [1.82, 2.24) is 20.4 Å². The molecule has 24 heavy (non-hydrogen) atoms. The Labute approximate surface area is 149 Å². The molecular formula is C19H39N5. The number of nitrogens with zero attached hydrogens (tertiary/aromatic N) is 3. The summed E-state index contributed by atoms with van der Waals surface area (Å²) in [5.41, 5.74) is 0. The van der Waals surface area contributed by atoms with Crippen LogP contribution in [-0.4, -0.2) is 74.2 Å². The molecule has 0 amide bonds. The maximum atomic E-state index is 4.41. The van der Waals surface area contributed by atoms with Gasteiger partial charge in [-0.1, -0.05) is 26.7 Å². The number of nitrogens with one attached hydrogen (secondary N) is 2. The van der Waals surface area contributed by atoms with Crippen LogP contribution >= 0.6 is 0 Å². The predicted molar refractivity (Wildman–Crippen MR) is 104 cm³/mol. The SMILES string of the molecule is CCCN(CC)CCNC(=NC)NC1CCN(C2CCCC2)CC1. The maximum absolute atomic E-state index is 4.41. The zero-order valence-corrected chi connectivity index (χ0v) is 16.2. The fourth-order valence-corrected chi connectivity index (χ4v) is 4.14. The highest BCUT2D eigenvalue weighted by Crippen LogP contribution is 2.26.